The molecule has 0 atom stereocenters. The third-order valence-electron chi connectivity index (χ3n) is 2.27. The maximum atomic E-state index is 11.8. The lowest BCUT2D eigenvalue weighted by molar-refractivity contribution is 0.101. The minimum Gasteiger partial charge on any atom is -0.341 e. The van der Waals surface area contributed by atoms with Crippen LogP contribution in [0.4, 0.5) is 5.95 Å². The van der Waals surface area contributed by atoms with Gasteiger partial charge in [-0.05, 0) is 6.92 Å². The first-order valence-electron chi connectivity index (χ1n) is 5.20. The van der Waals surface area contributed by atoms with E-state index in [-0.39, 0.29) is 16.9 Å². The van der Waals surface area contributed by atoms with Crippen molar-refractivity contribution in [1.82, 2.24) is 35.1 Å². The van der Waals surface area contributed by atoms with E-state index < -0.39 is 5.91 Å². The van der Waals surface area contributed by atoms with Crippen molar-refractivity contribution in [3.8, 4) is 0 Å². The number of H-pyrrole nitrogens is 2. The van der Waals surface area contributed by atoms with Crippen molar-refractivity contribution < 1.29 is 4.79 Å². The van der Waals surface area contributed by atoms with E-state index in [4.69, 9.17) is 11.6 Å². The summed E-state index contributed by atoms with van der Waals surface area (Å²) in [7, 11) is 0. The second-order valence-electron chi connectivity index (χ2n) is 3.64. The van der Waals surface area contributed by atoms with E-state index in [0.717, 1.165) is 0 Å². The molecule has 0 fully saturated rings. The third-order valence-corrected chi connectivity index (χ3v) is 2.54. The average molecular weight is 279 g/mol. The summed E-state index contributed by atoms with van der Waals surface area (Å²) in [5.74, 6) is 0.0403. The molecule has 19 heavy (non-hydrogen) atoms. The highest BCUT2D eigenvalue weighted by Gasteiger charge is 2.15. The number of halogens is 1. The van der Waals surface area contributed by atoms with Crippen LogP contribution in [-0.4, -0.2) is 41.0 Å². The van der Waals surface area contributed by atoms with E-state index in [1.54, 1.807) is 6.92 Å². The molecule has 3 heterocycles. The SMILES string of the molecule is Cc1nc(C(=O)Nc2nc(Cl)c3[nH]cnc3n2)n[nH]1. The number of amides is 1. The van der Waals surface area contributed by atoms with E-state index in [9.17, 15) is 4.79 Å². The van der Waals surface area contributed by atoms with Crippen LogP contribution in [0.5, 0.6) is 0 Å². The number of fused-ring (bicyclic) bond motifs is 1. The number of hydrogen-bond donors (Lipinski definition) is 3. The monoisotopic (exact) mass is 278 g/mol. The Morgan fingerprint density at radius 3 is 2.95 bits per heavy atom. The smallest absolute Gasteiger partial charge is 0.297 e. The van der Waals surface area contributed by atoms with Gasteiger partial charge in [0.15, 0.2) is 10.8 Å². The van der Waals surface area contributed by atoms with Crippen LogP contribution in [0.3, 0.4) is 0 Å². The highest BCUT2D eigenvalue weighted by molar-refractivity contribution is 6.33. The Morgan fingerprint density at radius 1 is 1.37 bits per heavy atom. The van der Waals surface area contributed by atoms with Gasteiger partial charge in [-0.1, -0.05) is 11.6 Å². The molecule has 0 unspecified atom stereocenters. The van der Waals surface area contributed by atoms with Crippen molar-refractivity contribution in [2.75, 3.05) is 5.32 Å². The fourth-order valence-electron chi connectivity index (χ4n) is 1.46. The number of nitrogens with one attached hydrogen (secondary N) is 3. The van der Waals surface area contributed by atoms with Gasteiger partial charge in [0, 0.05) is 0 Å². The van der Waals surface area contributed by atoms with Crippen molar-refractivity contribution >= 4 is 34.6 Å². The molecule has 3 N–H and O–H groups in total. The first kappa shape index (κ1) is 11.5. The zero-order chi connectivity index (χ0) is 13.4. The van der Waals surface area contributed by atoms with Gasteiger partial charge in [0.25, 0.3) is 5.91 Å². The van der Waals surface area contributed by atoms with Crippen molar-refractivity contribution in [3.05, 3.63) is 23.1 Å². The van der Waals surface area contributed by atoms with Gasteiger partial charge in [-0.2, -0.15) is 9.97 Å². The molecule has 9 nitrogen and oxygen atoms in total. The molecule has 0 spiro atoms. The van der Waals surface area contributed by atoms with Crippen LogP contribution < -0.4 is 5.32 Å². The highest BCUT2D eigenvalue weighted by Crippen LogP contribution is 2.18. The summed E-state index contributed by atoms with van der Waals surface area (Å²) in [6.07, 6.45) is 1.44. The fraction of sp³-hybridized carbons (Fsp3) is 0.111. The summed E-state index contributed by atoms with van der Waals surface area (Å²) in [6.45, 7) is 1.69. The van der Waals surface area contributed by atoms with Gasteiger partial charge in [-0.15, -0.1) is 5.10 Å². The lowest BCUT2D eigenvalue weighted by Crippen LogP contribution is -2.16. The summed E-state index contributed by atoms with van der Waals surface area (Å²) in [5.41, 5.74) is 0.870. The average Bonchev–Trinajstić information content (AvgIpc) is 2.97. The van der Waals surface area contributed by atoms with Crippen LogP contribution in [0, 0.1) is 6.92 Å². The van der Waals surface area contributed by atoms with Gasteiger partial charge >= 0.3 is 0 Å². The molecule has 0 radical (unpaired) electrons. The number of rotatable bonds is 2. The van der Waals surface area contributed by atoms with Gasteiger partial charge in [0.2, 0.25) is 11.8 Å². The molecule has 0 saturated carbocycles. The van der Waals surface area contributed by atoms with E-state index in [2.05, 4.69) is 40.4 Å². The maximum absolute atomic E-state index is 11.8. The first-order chi connectivity index (χ1) is 9.13. The van der Waals surface area contributed by atoms with Crippen LogP contribution in [0.25, 0.3) is 11.2 Å². The third kappa shape index (κ3) is 2.10. The standard InChI is InChI=1S/C9H7ClN8O/c1-3-13-7(18-17-3)8(19)16-9-14-5(10)4-6(15-9)12-2-11-4/h2H,1H3,(H,13,17,18)(H2,11,12,14,15,16,19). The Hall–Kier alpha value is -2.55. The summed E-state index contributed by atoms with van der Waals surface area (Å²) in [4.78, 5) is 30.4. The van der Waals surface area contributed by atoms with E-state index in [1.807, 2.05) is 0 Å². The Bertz CT molecular complexity index is 763. The predicted octanol–water partition coefficient (Wildman–Crippen LogP) is 0.685. The normalized spacial score (nSPS) is 10.8. The molecule has 0 saturated heterocycles. The Morgan fingerprint density at radius 2 is 2.21 bits per heavy atom. The topological polar surface area (TPSA) is 125 Å². The fourth-order valence-corrected chi connectivity index (χ4v) is 1.67. The molecule has 0 bridgehead atoms. The molecule has 0 aliphatic rings. The summed E-state index contributed by atoms with van der Waals surface area (Å²) >= 11 is 5.93. The van der Waals surface area contributed by atoms with Crippen molar-refractivity contribution in [1.29, 1.82) is 0 Å². The maximum Gasteiger partial charge on any atom is 0.297 e. The molecule has 96 valence electrons. The van der Waals surface area contributed by atoms with Crippen molar-refractivity contribution in [3.63, 3.8) is 0 Å². The van der Waals surface area contributed by atoms with Crippen LogP contribution in [0.15, 0.2) is 6.33 Å². The number of carbonyl (C=O) groups excluding carboxylic acids is 1. The number of anilines is 1. The zero-order valence-corrected chi connectivity index (χ0v) is 10.4. The van der Waals surface area contributed by atoms with Crippen LogP contribution in [0.2, 0.25) is 5.15 Å². The minimum absolute atomic E-state index is 0.000604. The van der Waals surface area contributed by atoms with Crippen molar-refractivity contribution in [2.45, 2.75) is 6.92 Å². The van der Waals surface area contributed by atoms with Gasteiger partial charge in [-0.3, -0.25) is 15.2 Å². The number of imidazole rings is 1. The number of aromatic amines is 2. The number of aromatic nitrogens is 7. The number of carbonyl (C=O) groups is 1. The zero-order valence-electron chi connectivity index (χ0n) is 9.60. The Balaban J connectivity index is 1.90. The van der Waals surface area contributed by atoms with Gasteiger partial charge in [-0.25, -0.2) is 9.97 Å². The van der Waals surface area contributed by atoms with Gasteiger partial charge in [0.05, 0.1) is 6.33 Å². The molecule has 0 aliphatic carbocycles. The minimum atomic E-state index is -0.532. The lowest BCUT2D eigenvalue weighted by Gasteiger charge is -2.01. The van der Waals surface area contributed by atoms with E-state index in [1.165, 1.54) is 6.33 Å². The molecule has 3 aromatic heterocycles. The number of nitrogens with zero attached hydrogens (tertiary/aromatic N) is 5. The summed E-state index contributed by atoms with van der Waals surface area (Å²) in [6, 6.07) is 0. The Kier molecular flexibility index (Phi) is 2.60. The van der Waals surface area contributed by atoms with Crippen LogP contribution in [0.1, 0.15) is 16.4 Å². The van der Waals surface area contributed by atoms with Crippen LogP contribution in [-0.2, 0) is 0 Å². The molecule has 3 aromatic rings. The number of aryl methyl sites for hydroxylation is 1. The summed E-state index contributed by atoms with van der Waals surface area (Å²) in [5, 5.41) is 8.91. The van der Waals surface area contributed by atoms with Crippen molar-refractivity contribution in [2.24, 2.45) is 0 Å². The van der Waals surface area contributed by atoms with E-state index >= 15 is 0 Å². The molecular weight excluding hydrogens is 272 g/mol. The van der Waals surface area contributed by atoms with Gasteiger partial charge in [0.1, 0.15) is 11.3 Å². The van der Waals surface area contributed by atoms with Gasteiger partial charge < -0.3 is 4.98 Å². The highest BCUT2D eigenvalue weighted by atomic mass is 35.5. The Labute approximate surface area is 110 Å². The molecule has 0 aromatic carbocycles. The summed E-state index contributed by atoms with van der Waals surface area (Å²) < 4.78 is 0. The first-order valence-corrected chi connectivity index (χ1v) is 5.58. The molecule has 3 rings (SSSR count). The molecular formula is C9H7ClN8O. The molecule has 0 aliphatic heterocycles. The second-order valence-corrected chi connectivity index (χ2v) is 4.00. The molecule has 1 amide bonds. The quantitative estimate of drug-likeness (QED) is 0.592. The largest absolute Gasteiger partial charge is 0.341 e. The van der Waals surface area contributed by atoms with E-state index in [0.29, 0.717) is 17.0 Å². The molecule has 10 heteroatoms. The second kappa shape index (κ2) is 4.28. The van der Waals surface area contributed by atoms with Crippen LogP contribution >= 0.6 is 11.6 Å². The predicted molar refractivity (Wildman–Crippen MR) is 65.8 cm³/mol. The lowest BCUT2D eigenvalue weighted by atomic mass is 10.5. The number of hydrogen-bond acceptors (Lipinski definition) is 6.